The van der Waals surface area contributed by atoms with Gasteiger partial charge >= 0.3 is 6.03 Å². The quantitative estimate of drug-likeness (QED) is 0.348. The number of benzene rings is 2. The molecule has 8 nitrogen and oxygen atoms in total. The minimum atomic E-state index is -0.513. The summed E-state index contributed by atoms with van der Waals surface area (Å²) in [6, 6.07) is 7.50. The van der Waals surface area contributed by atoms with Crippen molar-refractivity contribution in [3.05, 3.63) is 69.6 Å². The third-order valence-corrected chi connectivity index (χ3v) is 6.07. The fourth-order valence-electron chi connectivity index (χ4n) is 3.86. The van der Waals surface area contributed by atoms with Crippen molar-refractivity contribution in [2.24, 2.45) is 0 Å². The molecule has 4 aromatic rings. The van der Waals surface area contributed by atoms with Crippen LogP contribution in [0.2, 0.25) is 0 Å². The average Bonchev–Trinajstić information content (AvgIpc) is 3.49. The number of carbonyl (C=O) groups is 2. The summed E-state index contributed by atoms with van der Waals surface area (Å²) in [5.41, 5.74) is 4.00. The number of amides is 3. The van der Waals surface area contributed by atoms with Crippen molar-refractivity contribution < 1.29 is 14.0 Å². The van der Waals surface area contributed by atoms with Gasteiger partial charge in [0, 0.05) is 40.6 Å². The van der Waals surface area contributed by atoms with E-state index >= 15 is 4.39 Å². The van der Waals surface area contributed by atoms with Crippen LogP contribution in [0.5, 0.6) is 0 Å². The van der Waals surface area contributed by atoms with E-state index in [1.54, 1.807) is 35.8 Å². The van der Waals surface area contributed by atoms with Crippen LogP contribution in [0.1, 0.15) is 26.6 Å². The predicted molar refractivity (Wildman–Crippen MR) is 125 cm³/mol. The highest BCUT2D eigenvalue weighted by molar-refractivity contribution is 7.09. The number of hydrogen-bond donors (Lipinski definition) is 4. The zero-order chi connectivity index (χ0) is 23.1. The van der Waals surface area contributed by atoms with Gasteiger partial charge in [0.25, 0.3) is 5.91 Å². The van der Waals surface area contributed by atoms with Crippen LogP contribution < -0.4 is 16.0 Å². The number of aromatic amines is 1. The maximum absolute atomic E-state index is 15.1. The van der Waals surface area contributed by atoms with Crippen LogP contribution in [0.15, 0.2) is 41.9 Å². The van der Waals surface area contributed by atoms with Gasteiger partial charge in [-0.05, 0) is 49.2 Å². The molecule has 0 aliphatic carbocycles. The van der Waals surface area contributed by atoms with E-state index in [-0.39, 0.29) is 5.91 Å². The van der Waals surface area contributed by atoms with Crippen molar-refractivity contribution in [1.82, 2.24) is 20.3 Å². The molecule has 3 heterocycles. The normalized spacial score (nSPS) is 12.4. The number of rotatable bonds is 4. The highest BCUT2D eigenvalue weighted by Gasteiger charge is 2.28. The molecule has 0 unspecified atom stereocenters. The van der Waals surface area contributed by atoms with E-state index < -0.39 is 11.8 Å². The summed E-state index contributed by atoms with van der Waals surface area (Å²) < 4.78 is 15.1. The van der Waals surface area contributed by atoms with Crippen molar-refractivity contribution in [3.8, 4) is 22.5 Å². The van der Waals surface area contributed by atoms with Gasteiger partial charge in [-0.25, -0.2) is 19.2 Å². The maximum Gasteiger partial charge on any atom is 0.324 e. The second-order valence-corrected chi connectivity index (χ2v) is 8.70. The van der Waals surface area contributed by atoms with Gasteiger partial charge in [-0.2, -0.15) is 0 Å². The van der Waals surface area contributed by atoms with E-state index in [4.69, 9.17) is 0 Å². The predicted octanol–water partition coefficient (Wildman–Crippen LogP) is 4.84. The molecule has 0 bridgehead atoms. The maximum atomic E-state index is 15.1. The van der Waals surface area contributed by atoms with Crippen molar-refractivity contribution in [2.75, 3.05) is 10.6 Å². The van der Waals surface area contributed by atoms with Gasteiger partial charge in [0.15, 0.2) is 0 Å². The summed E-state index contributed by atoms with van der Waals surface area (Å²) in [6.07, 6.45) is 1.69. The smallest absolute Gasteiger partial charge is 0.324 e. The molecule has 4 N–H and O–H groups in total. The van der Waals surface area contributed by atoms with Crippen molar-refractivity contribution >= 4 is 34.8 Å². The number of carbonyl (C=O) groups excluding carboxylic acids is 2. The van der Waals surface area contributed by atoms with E-state index in [0.717, 1.165) is 10.7 Å². The number of thiazole rings is 1. The average molecular weight is 463 g/mol. The zero-order valence-electron chi connectivity index (χ0n) is 17.7. The fourth-order valence-corrected chi connectivity index (χ4v) is 4.40. The number of halogens is 1. The molecule has 2 aromatic carbocycles. The molecule has 5 rings (SSSR count). The molecule has 0 fully saturated rings. The summed E-state index contributed by atoms with van der Waals surface area (Å²) >= 11 is 1.42. The van der Waals surface area contributed by atoms with Gasteiger partial charge in [-0.3, -0.25) is 10.1 Å². The first kappa shape index (κ1) is 20.8. The Hall–Kier alpha value is -4.05. The zero-order valence-corrected chi connectivity index (χ0v) is 18.6. The second kappa shape index (κ2) is 8.14. The van der Waals surface area contributed by atoms with E-state index in [1.807, 2.05) is 13.8 Å². The SMILES string of the molecule is Cc1cnc(-c2ccc(-c3ccc(NC(=O)Nc4csc(C)n4)cc3F)c3c2C(=O)NC3)[nH]1. The topological polar surface area (TPSA) is 112 Å². The van der Waals surface area contributed by atoms with Crippen molar-refractivity contribution in [2.45, 2.75) is 20.4 Å². The number of aromatic nitrogens is 3. The number of aryl methyl sites for hydroxylation is 2. The molecule has 10 heteroatoms. The first-order valence-electron chi connectivity index (χ1n) is 10.1. The molecule has 166 valence electrons. The summed E-state index contributed by atoms with van der Waals surface area (Å²) in [5, 5.41) is 10.6. The summed E-state index contributed by atoms with van der Waals surface area (Å²) in [6.45, 7) is 4.02. The van der Waals surface area contributed by atoms with Crippen LogP contribution in [0, 0.1) is 19.7 Å². The largest absolute Gasteiger partial charge is 0.348 e. The monoisotopic (exact) mass is 462 g/mol. The molecule has 3 amide bonds. The lowest BCUT2D eigenvalue weighted by molar-refractivity contribution is 0.0966. The van der Waals surface area contributed by atoms with Crippen LogP contribution in [0.3, 0.4) is 0 Å². The van der Waals surface area contributed by atoms with Crippen LogP contribution in [-0.4, -0.2) is 26.9 Å². The minimum Gasteiger partial charge on any atom is -0.348 e. The van der Waals surface area contributed by atoms with Crippen LogP contribution in [0.25, 0.3) is 22.5 Å². The number of H-pyrrole nitrogens is 1. The Kier molecular flexibility index (Phi) is 5.14. The first-order chi connectivity index (χ1) is 15.9. The lowest BCUT2D eigenvalue weighted by Gasteiger charge is -2.13. The number of nitrogens with zero attached hydrogens (tertiary/aromatic N) is 2. The Morgan fingerprint density at radius 1 is 1.12 bits per heavy atom. The van der Waals surface area contributed by atoms with Crippen molar-refractivity contribution in [1.29, 1.82) is 0 Å². The number of imidazole rings is 1. The van der Waals surface area contributed by atoms with Gasteiger partial charge in [0.05, 0.1) is 10.6 Å². The Bertz CT molecular complexity index is 1410. The Labute approximate surface area is 192 Å². The molecule has 1 aliphatic heterocycles. The summed E-state index contributed by atoms with van der Waals surface area (Å²) in [7, 11) is 0. The van der Waals surface area contributed by atoms with Gasteiger partial charge in [0.2, 0.25) is 0 Å². The molecule has 0 saturated carbocycles. The second-order valence-electron chi connectivity index (χ2n) is 7.64. The van der Waals surface area contributed by atoms with E-state index in [2.05, 4.69) is 30.9 Å². The first-order valence-corrected chi connectivity index (χ1v) is 11.0. The molecular formula is C23H19FN6O2S. The molecule has 0 atom stereocenters. The van der Waals surface area contributed by atoms with E-state index in [0.29, 0.717) is 51.7 Å². The molecular weight excluding hydrogens is 443 g/mol. The summed E-state index contributed by atoms with van der Waals surface area (Å²) in [4.78, 5) is 36.4. The molecule has 1 aliphatic rings. The number of fused-ring (bicyclic) bond motifs is 1. The number of urea groups is 1. The number of nitrogens with one attached hydrogen (secondary N) is 4. The molecule has 0 saturated heterocycles. The van der Waals surface area contributed by atoms with Crippen LogP contribution in [0.4, 0.5) is 20.7 Å². The summed E-state index contributed by atoms with van der Waals surface area (Å²) in [5.74, 6) is 0.296. The van der Waals surface area contributed by atoms with Crippen LogP contribution in [-0.2, 0) is 6.54 Å². The molecule has 33 heavy (non-hydrogen) atoms. The molecule has 0 radical (unpaired) electrons. The highest BCUT2D eigenvalue weighted by Crippen LogP contribution is 2.36. The highest BCUT2D eigenvalue weighted by atomic mass is 32.1. The van der Waals surface area contributed by atoms with E-state index in [1.165, 1.54) is 17.4 Å². The third-order valence-electron chi connectivity index (χ3n) is 5.30. The fraction of sp³-hybridized carbons (Fsp3) is 0.130. The lowest BCUT2D eigenvalue weighted by Crippen LogP contribution is -2.19. The Morgan fingerprint density at radius 2 is 1.91 bits per heavy atom. The molecule has 2 aromatic heterocycles. The Morgan fingerprint density at radius 3 is 2.61 bits per heavy atom. The van der Waals surface area contributed by atoms with Crippen LogP contribution >= 0.6 is 11.3 Å². The Balaban J connectivity index is 1.44. The van der Waals surface area contributed by atoms with Gasteiger partial charge in [0.1, 0.15) is 17.5 Å². The minimum absolute atomic E-state index is 0.219. The van der Waals surface area contributed by atoms with Crippen molar-refractivity contribution in [3.63, 3.8) is 0 Å². The van der Waals surface area contributed by atoms with Gasteiger partial charge in [-0.1, -0.05) is 6.07 Å². The lowest BCUT2D eigenvalue weighted by atomic mass is 9.92. The molecule has 0 spiro atoms. The van der Waals surface area contributed by atoms with Gasteiger partial charge < -0.3 is 15.6 Å². The number of anilines is 2. The third kappa shape index (κ3) is 3.96. The number of hydrogen-bond acceptors (Lipinski definition) is 5. The standard InChI is InChI=1S/C23H19FN6O2S/c1-11-8-25-21(27-11)16-6-5-14(17-9-26-22(31)20(16)17)15-4-3-13(7-18(15)24)29-23(32)30-19-10-33-12(2)28-19/h3-8,10H,9H2,1-2H3,(H,25,27)(H,26,31)(H2,29,30,32). The van der Waals surface area contributed by atoms with E-state index in [9.17, 15) is 9.59 Å². The van der Waals surface area contributed by atoms with Gasteiger partial charge in [-0.15, -0.1) is 11.3 Å².